The summed E-state index contributed by atoms with van der Waals surface area (Å²) in [7, 11) is -3.79. The third-order valence-corrected chi connectivity index (χ3v) is 6.27. The van der Waals surface area contributed by atoms with Crippen LogP contribution in [0.2, 0.25) is 0 Å². The van der Waals surface area contributed by atoms with Gasteiger partial charge in [-0.3, -0.25) is 9.52 Å². The van der Waals surface area contributed by atoms with E-state index in [9.17, 15) is 13.2 Å². The van der Waals surface area contributed by atoms with Crippen LogP contribution >= 0.6 is 0 Å². The highest BCUT2D eigenvalue weighted by molar-refractivity contribution is 7.92. The third kappa shape index (κ3) is 5.85. The molecule has 0 spiro atoms. The zero-order chi connectivity index (χ0) is 23.1. The summed E-state index contributed by atoms with van der Waals surface area (Å²) >= 11 is 0. The number of aryl methyl sites for hydroxylation is 2. The average molecular weight is 454 g/mol. The Morgan fingerprint density at radius 2 is 1.88 bits per heavy atom. The van der Waals surface area contributed by atoms with Crippen LogP contribution in [0.1, 0.15) is 40.4 Å². The van der Waals surface area contributed by atoms with Gasteiger partial charge in [-0.2, -0.15) is 0 Å². The Balaban J connectivity index is 1.72. The molecule has 7 nitrogen and oxygen atoms in total. The van der Waals surface area contributed by atoms with Crippen LogP contribution in [0.15, 0.2) is 65.7 Å². The van der Waals surface area contributed by atoms with E-state index in [4.69, 9.17) is 4.74 Å². The number of hydrogen-bond acceptors (Lipinski definition) is 5. The zero-order valence-electron chi connectivity index (χ0n) is 18.4. The van der Waals surface area contributed by atoms with Crippen molar-refractivity contribution in [3.8, 4) is 5.88 Å². The number of amides is 1. The van der Waals surface area contributed by atoms with E-state index in [0.29, 0.717) is 29.3 Å². The van der Waals surface area contributed by atoms with Gasteiger partial charge in [0.25, 0.3) is 15.9 Å². The van der Waals surface area contributed by atoms with Crippen LogP contribution in [0.25, 0.3) is 0 Å². The van der Waals surface area contributed by atoms with Crippen LogP contribution in [0.5, 0.6) is 5.88 Å². The first kappa shape index (κ1) is 23.3. The van der Waals surface area contributed by atoms with Crippen molar-refractivity contribution in [3.63, 3.8) is 0 Å². The summed E-state index contributed by atoms with van der Waals surface area (Å²) in [4.78, 5) is 17.1. The second-order valence-corrected chi connectivity index (χ2v) is 9.10. The van der Waals surface area contributed by atoms with Crippen molar-refractivity contribution in [3.05, 3.63) is 83.0 Å². The van der Waals surface area contributed by atoms with Crippen molar-refractivity contribution in [2.45, 2.75) is 38.6 Å². The number of pyridine rings is 1. The number of carbonyl (C=O) groups is 1. The van der Waals surface area contributed by atoms with Gasteiger partial charge >= 0.3 is 0 Å². The fourth-order valence-corrected chi connectivity index (χ4v) is 4.48. The van der Waals surface area contributed by atoms with Gasteiger partial charge in [0.15, 0.2) is 0 Å². The molecule has 0 saturated heterocycles. The number of benzene rings is 2. The highest BCUT2D eigenvalue weighted by Crippen LogP contribution is 2.21. The Bertz CT molecular complexity index is 1210. The number of nitrogens with one attached hydrogen (secondary N) is 2. The normalized spacial score (nSPS) is 11.1. The molecule has 3 rings (SSSR count). The molecule has 0 bridgehead atoms. The summed E-state index contributed by atoms with van der Waals surface area (Å²) in [6.07, 6.45) is 2.50. The van der Waals surface area contributed by atoms with Crippen molar-refractivity contribution in [2.75, 3.05) is 11.3 Å². The van der Waals surface area contributed by atoms with Gasteiger partial charge in [0.05, 0.1) is 11.5 Å². The summed E-state index contributed by atoms with van der Waals surface area (Å²) in [6.45, 7) is 6.37. The molecule has 0 fully saturated rings. The predicted octanol–water partition coefficient (Wildman–Crippen LogP) is 4.22. The molecule has 0 radical (unpaired) electrons. The maximum Gasteiger partial charge on any atom is 0.262 e. The predicted molar refractivity (Wildman–Crippen MR) is 124 cm³/mol. The lowest BCUT2D eigenvalue weighted by molar-refractivity contribution is 0.0950. The lowest BCUT2D eigenvalue weighted by atomic mass is 10.2. The van der Waals surface area contributed by atoms with Gasteiger partial charge in [0, 0.05) is 29.6 Å². The molecule has 0 aliphatic heterocycles. The van der Waals surface area contributed by atoms with E-state index in [2.05, 4.69) is 15.0 Å². The minimum absolute atomic E-state index is 0.212. The molecule has 1 aromatic heterocycles. The summed E-state index contributed by atoms with van der Waals surface area (Å²) in [5, 5.41) is 2.83. The first-order valence-corrected chi connectivity index (χ1v) is 11.8. The van der Waals surface area contributed by atoms with E-state index < -0.39 is 10.0 Å². The number of sulfonamides is 1. The second-order valence-electron chi connectivity index (χ2n) is 7.45. The molecule has 2 aromatic carbocycles. The van der Waals surface area contributed by atoms with Gasteiger partial charge in [-0.05, 0) is 61.7 Å². The van der Waals surface area contributed by atoms with Crippen LogP contribution in [0, 0.1) is 13.8 Å². The maximum atomic E-state index is 12.9. The molecule has 2 N–H and O–H groups in total. The number of hydrogen-bond donors (Lipinski definition) is 2. The van der Waals surface area contributed by atoms with Crippen molar-refractivity contribution in [1.82, 2.24) is 10.3 Å². The Labute approximate surface area is 188 Å². The molecule has 3 aromatic rings. The number of aromatic nitrogens is 1. The SMILES string of the molecule is CCCOc1ncccc1CNC(=O)c1cccc(NS(=O)(=O)c2cc(C)ccc2C)c1. The van der Waals surface area contributed by atoms with Crippen LogP contribution in [-0.2, 0) is 16.6 Å². The Hall–Kier alpha value is -3.39. The lowest BCUT2D eigenvalue weighted by Gasteiger charge is -2.13. The molecule has 1 heterocycles. The van der Waals surface area contributed by atoms with Gasteiger partial charge in [-0.25, -0.2) is 13.4 Å². The Morgan fingerprint density at radius 1 is 1.06 bits per heavy atom. The van der Waals surface area contributed by atoms with Gasteiger partial charge in [0.1, 0.15) is 0 Å². The monoisotopic (exact) mass is 453 g/mol. The fraction of sp³-hybridized carbons (Fsp3) is 0.250. The molecule has 1 amide bonds. The summed E-state index contributed by atoms with van der Waals surface area (Å²) in [5.41, 5.74) is 2.91. The maximum absolute atomic E-state index is 12.9. The molecule has 0 aliphatic carbocycles. The molecule has 0 aliphatic rings. The summed E-state index contributed by atoms with van der Waals surface area (Å²) in [5.74, 6) is 0.160. The van der Waals surface area contributed by atoms with E-state index in [1.54, 1.807) is 49.5 Å². The Morgan fingerprint density at radius 3 is 2.66 bits per heavy atom. The fourth-order valence-electron chi connectivity index (χ4n) is 3.10. The van der Waals surface area contributed by atoms with Gasteiger partial charge in [-0.15, -0.1) is 0 Å². The van der Waals surface area contributed by atoms with E-state index in [-0.39, 0.29) is 17.3 Å². The lowest BCUT2D eigenvalue weighted by Crippen LogP contribution is -2.23. The summed E-state index contributed by atoms with van der Waals surface area (Å²) < 4.78 is 33.9. The minimum Gasteiger partial charge on any atom is -0.477 e. The molecule has 32 heavy (non-hydrogen) atoms. The van der Waals surface area contributed by atoms with Gasteiger partial charge in [0.2, 0.25) is 5.88 Å². The van der Waals surface area contributed by atoms with Crippen molar-refractivity contribution in [2.24, 2.45) is 0 Å². The molecule has 0 atom stereocenters. The van der Waals surface area contributed by atoms with E-state index in [0.717, 1.165) is 17.5 Å². The third-order valence-electron chi connectivity index (χ3n) is 4.74. The van der Waals surface area contributed by atoms with E-state index in [1.807, 2.05) is 26.0 Å². The molecule has 0 saturated carbocycles. The highest BCUT2D eigenvalue weighted by atomic mass is 32.2. The number of carbonyl (C=O) groups excluding carboxylic acids is 1. The van der Waals surface area contributed by atoms with Gasteiger partial charge in [-0.1, -0.05) is 31.2 Å². The minimum atomic E-state index is -3.79. The topological polar surface area (TPSA) is 97.4 Å². The summed E-state index contributed by atoms with van der Waals surface area (Å²) in [6, 6.07) is 15.3. The van der Waals surface area contributed by atoms with Crippen LogP contribution in [0.4, 0.5) is 5.69 Å². The van der Waals surface area contributed by atoms with Crippen molar-refractivity contribution >= 4 is 21.6 Å². The van der Waals surface area contributed by atoms with E-state index in [1.165, 1.54) is 6.07 Å². The molecule has 0 unspecified atom stereocenters. The zero-order valence-corrected chi connectivity index (χ0v) is 19.2. The van der Waals surface area contributed by atoms with Crippen LogP contribution in [-0.4, -0.2) is 25.9 Å². The smallest absolute Gasteiger partial charge is 0.262 e. The first-order chi connectivity index (χ1) is 15.3. The second kappa shape index (κ2) is 10.3. The average Bonchev–Trinajstić information content (AvgIpc) is 2.78. The van der Waals surface area contributed by atoms with E-state index >= 15 is 0 Å². The van der Waals surface area contributed by atoms with Crippen molar-refractivity contribution < 1.29 is 17.9 Å². The molecular weight excluding hydrogens is 426 g/mol. The van der Waals surface area contributed by atoms with Crippen molar-refractivity contribution in [1.29, 1.82) is 0 Å². The first-order valence-electron chi connectivity index (χ1n) is 10.3. The largest absolute Gasteiger partial charge is 0.477 e. The standard InChI is InChI=1S/C24H27N3O4S/c1-4-13-31-24-20(8-6-12-25-24)16-26-23(28)19-7-5-9-21(15-19)27-32(29,30)22-14-17(2)10-11-18(22)3/h5-12,14-15,27H,4,13,16H2,1-3H3,(H,26,28). The van der Waals surface area contributed by atoms with Gasteiger partial charge < -0.3 is 10.1 Å². The van der Waals surface area contributed by atoms with Crippen LogP contribution < -0.4 is 14.8 Å². The molecular formula is C24H27N3O4S. The number of ether oxygens (including phenoxy) is 1. The number of rotatable bonds is 9. The Kier molecular flexibility index (Phi) is 7.48. The molecule has 8 heteroatoms. The van der Waals surface area contributed by atoms with Crippen LogP contribution in [0.3, 0.4) is 0 Å². The number of anilines is 1. The number of nitrogens with zero attached hydrogens (tertiary/aromatic N) is 1. The molecule has 168 valence electrons. The quantitative estimate of drug-likeness (QED) is 0.506. The highest BCUT2D eigenvalue weighted by Gasteiger charge is 2.18.